The van der Waals surface area contributed by atoms with E-state index >= 15 is 0 Å². The van der Waals surface area contributed by atoms with Gasteiger partial charge in [0.05, 0.1) is 17.1 Å². The Morgan fingerprint density at radius 3 is 2.57 bits per heavy atom. The average Bonchev–Trinajstić information content (AvgIpc) is 3.24. The highest BCUT2D eigenvalue weighted by Gasteiger charge is 2.15. The molecule has 0 spiro atoms. The SMILES string of the molecule is Cc1cc(C=Nn2c(C(C)C)nc3ccc(Br)cc3c2=O)c(C)n1-c1ccc(OCC(=O)Nc2cccc(F)c2)cc1. The third-order valence-electron chi connectivity index (χ3n) is 6.71. The van der Waals surface area contributed by atoms with Crippen molar-refractivity contribution in [2.24, 2.45) is 5.10 Å². The molecule has 0 aliphatic heterocycles. The van der Waals surface area contributed by atoms with Crippen LogP contribution in [0.5, 0.6) is 5.75 Å². The minimum absolute atomic E-state index is 0.0107. The molecule has 5 aromatic rings. The summed E-state index contributed by atoms with van der Waals surface area (Å²) in [7, 11) is 0. The number of carbonyl (C=O) groups excluding carboxylic acids is 1. The van der Waals surface area contributed by atoms with Crippen LogP contribution >= 0.6 is 15.9 Å². The van der Waals surface area contributed by atoms with Gasteiger partial charge in [0.2, 0.25) is 0 Å². The molecule has 0 aliphatic rings. The van der Waals surface area contributed by atoms with Crippen LogP contribution in [-0.2, 0) is 4.79 Å². The number of hydrogen-bond donors (Lipinski definition) is 1. The largest absolute Gasteiger partial charge is 0.484 e. The second-order valence-electron chi connectivity index (χ2n) is 10.2. The van der Waals surface area contributed by atoms with E-state index in [9.17, 15) is 14.0 Å². The summed E-state index contributed by atoms with van der Waals surface area (Å²) in [4.78, 5) is 30.3. The van der Waals surface area contributed by atoms with Crippen molar-refractivity contribution in [3.63, 3.8) is 0 Å². The fourth-order valence-electron chi connectivity index (χ4n) is 4.69. The van der Waals surface area contributed by atoms with Crippen LogP contribution in [0.2, 0.25) is 0 Å². The van der Waals surface area contributed by atoms with Gasteiger partial charge in [0, 0.05) is 38.7 Å². The maximum absolute atomic E-state index is 13.4. The molecule has 0 atom stereocenters. The van der Waals surface area contributed by atoms with Crippen LogP contribution in [0.4, 0.5) is 10.1 Å². The molecule has 2 heterocycles. The number of amides is 1. The Labute approximate surface area is 250 Å². The summed E-state index contributed by atoms with van der Waals surface area (Å²) in [5.41, 5.74) is 4.46. The molecule has 1 amide bonds. The summed E-state index contributed by atoms with van der Waals surface area (Å²) in [5, 5.41) is 7.68. The Kier molecular flexibility index (Phi) is 8.35. The number of rotatable bonds is 8. The van der Waals surface area contributed by atoms with Crippen LogP contribution in [0.15, 0.2) is 87.2 Å². The summed E-state index contributed by atoms with van der Waals surface area (Å²) in [6, 6.07) is 20.5. The van der Waals surface area contributed by atoms with E-state index < -0.39 is 5.82 Å². The lowest BCUT2D eigenvalue weighted by molar-refractivity contribution is -0.118. The van der Waals surface area contributed by atoms with Crippen LogP contribution in [0, 0.1) is 19.7 Å². The number of hydrogen-bond acceptors (Lipinski definition) is 5. The third kappa shape index (κ3) is 6.18. The molecule has 3 aromatic carbocycles. The first-order chi connectivity index (χ1) is 20.1. The maximum Gasteiger partial charge on any atom is 0.282 e. The van der Waals surface area contributed by atoms with Gasteiger partial charge in [-0.25, -0.2) is 9.37 Å². The zero-order chi connectivity index (χ0) is 30.0. The van der Waals surface area contributed by atoms with Crippen LogP contribution < -0.4 is 15.6 Å². The Bertz CT molecular complexity index is 1880. The van der Waals surface area contributed by atoms with Crippen LogP contribution in [0.3, 0.4) is 0 Å². The van der Waals surface area contributed by atoms with Gasteiger partial charge < -0.3 is 14.6 Å². The number of aryl methyl sites for hydroxylation is 1. The molecule has 0 saturated carbocycles. The van der Waals surface area contributed by atoms with Crippen molar-refractivity contribution in [2.75, 3.05) is 11.9 Å². The predicted molar refractivity (Wildman–Crippen MR) is 167 cm³/mol. The number of nitrogens with one attached hydrogen (secondary N) is 1. The number of fused-ring (bicyclic) bond motifs is 1. The van der Waals surface area contributed by atoms with Gasteiger partial charge in [-0.2, -0.15) is 9.78 Å². The van der Waals surface area contributed by atoms with Crippen molar-refractivity contribution >= 4 is 44.6 Å². The molecular weight excluding hydrogens is 601 g/mol. The summed E-state index contributed by atoms with van der Waals surface area (Å²) < 4.78 is 23.2. The molecule has 0 saturated heterocycles. The van der Waals surface area contributed by atoms with Gasteiger partial charge in [-0.1, -0.05) is 35.8 Å². The second kappa shape index (κ2) is 12.1. The van der Waals surface area contributed by atoms with E-state index in [0.717, 1.165) is 27.1 Å². The van der Waals surface area contributed by atoms with Gasteiger partial charge in [-0.05, 0) is 80.6 Å². The lowest BCUT2D eigenvalue weighted by Gasteiger charge is -2.12. The van der Waals surface area contributed by atoms with Crippen molar-refractivity contribution in [1.29, 1.82) is 0 Å². The molecule has 0 bridgehead atoms. The van der Waals surface area contributed by atoms with Crippen molar-refractivity contribution in [1.82, 2.24) is 14.2 Å². The molecule has 0 radical (unpaired) electrons. The minimum atomic E-state index is -0.428. The van der Waals surface area contributed by atoms with Gasteiger partial charge in [0.1, 0.15) is 17.4 Å². The van der Waals surface area contributed by atoms with Crippen LogP contribution in [0.1, 0.15) is 42.5 Å². The van der Waals surface area contributed by atoms with Gasteiger partial charge in [0.15, 0.2) is 6.61 Å². The topological polar surface area (TPSA) is 90.5 Å². The van der Waals surface area contributed by atoms with Gasteiger partial charge in [-0.3, -0.25) is 9.59 Å². The zero-order valence-corrected chi connectivity index (χ0v) is 25.1. The fraction of sp³-hybridized carbons (Fsp3) is 0.188. The summed E-state index contributed by atoms with van der Waals surface area (Å²) in [5.74, 6) is 0.277. The number of nitrogens with zero attached hydrogens (tertiary/aromatic N) is 4. The Balaban J connectivity index is 1.34. The van der Waals surface area contributed by atoms with E-state index in [-0.39, 0.29) is 24.0 Å². The normalized spacial score (nSPS) is 11.5. The van der Waals surface area contributed by atoms with E-state index in [1.807, 2.05) is 58.0 Å². The van der Waals surface area contributed by atoms with Gasteiger partial charge in [-0.15, -0.1) is 0 Å². The molecule has 42 heavy (non-hydrogen) atoms. The molecular formula is C32H29BrFN5O3. The Morgan fingerprint density at radius 1 is 1.10 bits per heavy atom. The second-order valence-corrected chi connectivity index (χ2v) is 11.1. The first-order valence-electron chi connectivity index (χ1n) is 13.3. The first-order valence-corrected chi connectivity index (χ1v) is 14.1. The Morgan fingerprint density at radius 2 is 1.86 bits per heavy atom. The molecule has 10 heteroatoms. The first kappa shape index (κ1) is 28.9. The quantitative estimate of drug-likeness (QED) is 0.193. The van der Waals surface area contributed by atoms with E-state index in [1.165, 1.54) is 22.9 Å². The van der Waals surface area contributed by atoms with Crippen LogP contribution in [0.25, 0.3) is 16.6 Å². The highest BCUT2D eigenvalue weighted by Crippen LogP contribution is 2.23. The fourth-order valence-corrected chi connectivity index (χ4v) is 5.05. The van der Waals surface area contributed by atoms with Gasteiger partial charge >= 0.3 is 0 Å². The van der Waals surface area contributed by atoms with Crippen molar-refractivity contribution in [3.8, 4) is 11.4 Å². The number of benzene rings is 3. The van der Waals surface area contributed by atoms with E-state index in [4.69, 9.17) is 9.72 Å². The van der Waals surface area contributed by atoms with Gasteiger partial charge in [0.25, 0.3) is 11.5 Å². The third-order valence-corrected chi connectivity index (χ3v) is 7.20. The Hall–Kier alpha value is -4.57. The molecule has 0 aliphatic carbocycles. The monoisotopic (exact) mass is 629 g/mol. The van der Waals surface area contributed by atoms with Crippen molar-refractivity contribution in [3.05, 3.63) is 116 Å². The minimum Gasteiger partial charge on any atom is -0.484 e. The maximum atomic E-state index is 13.4. The lowest BCUT2D eigenvalue weighted by atomic mass is 10.2. The number of carbonyl (C=O) groups is 1. The van der Waals surface area contributed by atoms with Crippen molar-refractivity contribution < 1.29 is 13.9 Å². The average molecular weight is 631 g/mol. The van der Waals surface area contributed by atoms with E-state index in [2.05, 4.69) is 30.9 Å². The van der Waals surface area contributed by atoms with Crippen molar-refractivity contribution in [2.45, 2.75) is 33.6 Å². The lowest BCUT2D eigenvalue weighted by Crippen LogP contribution is -2.23. The number of anilines is 1. The zero-order valence-electron chi connectivity index (χ0n) is 23.6. The molecule has 0 unspecified atom stereocenters. The highest BCUT2D eigenvalue weighted by molar-refractivity contribution is 9.10. The number of aromatic nitrogens is 3. The predicted octanol–water partition coefficient (Wildman–Crippen LogP) is 6.73. The molecule has 1 N–H and O–H groups in total. The molecule has 0 fully saturated rings. The molecule has 214 valence electrons. The summed E-state index contributed by atoms with van der Waals surface area (Å²) >= 11 is 3.44. The highest BCUT2D eigenvalue weighted by atomic mass is 79.9. The van der Waals surface area contributed by atoms with E-state index in [1.54, 1.807) is 30.5 Å². The number of ether oxygens (including phenoxy) is 1. The molecule has 2 aromatic heterocycles. The number of halogens is 2. The van der Waals surface area contributed by atoms with Crippen LogP contribution in [-0.4, -0.2) is 33.0 Å². The standard InChI is InChI=1S/C32H29BrFN5O3/c1-19(2)31-37-29-13-8-23(33)15-28(29)32(41)39(31)35-17-22-14-20(3)38(21(22)4)26-9-11-27(12-10-26)42-18-30(40)36-25-7-5-6-24(34)16-25/h5-17,19H,18H2,1-4H3,(H,36,40). The molecule has 8 nitrogen and oxygen atoms in total. The van der Waals surface area contributed by atoms with E-state index in [0.29, 0.717) is 28.2 Å². The summed E-state index contributed by atoms with van der Waals surface area (Å²) in [6.07, 6.45) is 1.69. The molecule has 5 rings (SSSR count). The summed E-state index contributed by atoms with van der Waals surface area (Å²) in [6.45, 7) is 7.73. The smallest absolute Gasteiger partial charge is 0.282 e.